The summed E-state index contributed by atoms with van der Waals surface area (Å²) < 4.78 is 0. The van der Waals surface area contributed by atoms with Gasteiger partial charge in [0.15, 0.2) is 0 Å². The summed E-state index contributed by atoms with van der Waals surface area (Å²) in [6.45, 7) is 6.64. The van der Waals surface area contributed by atoms with Gasteiger partial charge in [0.25, 0.3) is 0 Å². The molecule has 2 atom stereocenters. The molecule has 2 aliphatic rings. The van der Waals surface area contributed by atoms with Crippen LogP contribution < -0.4 is 0 Å². The average Bonchev–Trinajstić information content (AvgIpc) is 2.58. The van der Waals surface area contributed by atoms with Gasteiger partial charge in [-0.05, 0) is 12.5 Å². The Balaban J connectivity index is 1.99. The second-order valence-corrected chi connectivity index (χ2v) is 5.20. The molecule has 0 radical (unpaired) electrons. The molecule has 1 heterocycles. The quantitative estimate of drug-likeness (QED) is 0.684. The van der Waals surface area contributed by atoms with Gasteiger partial charge in [-0.15, -0.1) is 0 Å². The maximum absolute atomic E-state index is 5.58. The first-order valence-electron chi connectivity index (χ1n) is 5.39. The molecule has 2 heteroatoms. The highest BCUT2D eigenvalue weighted by Gasteiger charge is 2.76. The number of hydrogen-bond acceptors (Lipinski definition) is 2. The summed E-state index contributed by atoms with van der Waals surface area (Å²) in [6.07, 6.45) is 0. The van der Waals surface area contributed by atoms with Crippen LogP contribution in [0.5, 0.6) is 0 Å². The topological polar surface area (TPSA) is 21.6 Å². The summed E-state index contributed by atoms with van der Waals surface area (Å²) in [5.41, 5.74) is 2.46. The van der Waals surface area contributed by atoms with E-state index in [9.17, 15) is 0 Å². The lowest BCUT2D eigenvalue weighted by Gasteiger charge is -2.11. The molecule has 1 aliphatic heterocycles. The van der Waals surface area contributed by atoms with Crippen LogP contribution in [0.3, 0.4) is 0 Å². The van der Waals surface area contributed by atoms with E-state index in [1.165, 1.54) is 5.56 Å². The maximum atomic E-state index is 5.58. The Kier molecular flexibility index (Phi) is 1.45. The highest BCUT2D eigenvalue weighted by molar-refractivity contribution is 6.06. The van der Waals surface area contributed by atoms with Crippen molar-refractivity contribution < 1.29 is 4.84 Å². The number of oxime groups is 1. The summed E-state index contributed by atoms with van der Waals surface area (Å²) in [5, 5.41) is 4.22. The third-order valence-electron chi connectivity index (χ3n) is 4.15. The highest BCUT2D eigenvalue weighted by Crippen LogP contribution is 2.67. The van der Waals surface area contributed by atoms with E-state index in [4.69, 9.17) is 4.84 Å². The molecule has 2 nitrogen and oxygen atoms in total. The van der Waals surface area contributed by atoms with Gasteiger partial charge in [0.2, 0.25) is 0 Å². The van der Waals surface area contributed by atoms with Crippen molar-refractivity contribution in [3.8, 4) is 0 Å². The molecule has 1 fully saturated rings. The summed E-state index contributed by atoms with van der Waals surface area (Å²) in [5.74, 6) is 0.451. The molecule has 1 aromatic carbocycles. The van der Waals surface area contributed by atoms with Gasteiger partial charge in [0, 0.05) is 5.41 Å². The van der Waals surface area contributed by atoms with Crippen LogP contribution in [-0.4, -0.2) is 11.3 Å². The van der Waals surface area contributed by atoms with Crippen LogP contribution in [0.4, 0.5) is 0 Å². The van der Waals surface area contributed by atoms with Crippen molar-refractivity contribution >= 4 is 5.71 Å². The Morgan fingerprint density at radius 2 is 1.80 bits per heavy atom. The molecule has 0 saturated heterocycles. The van der Waals surface area contributed by atoms with Crippen molar-refractivity contribution in [3.63, 3.8) is 0 Å². The molecule has 78 valence electrons. The average molecular weight is 201 g/mol. The molecule has 15 heavy (non-hydrogen) atoms. The van der Waals surface area contributed by atoms with Gasteiger partial charge in [0.05, 0.1) is 11.6 Å². The molecule has 0 aromatic heterocycles. The molecule has 0 spiro atoms. The fraction of sp³-hybridized carbons (Fsp3) is 0.462. The van der Waals surface area contributed by atoms with E-state index >= 15 is 0 Å². The molecular formula is C13H15NO. The van der Waals surface area contributed by atoms with Crippen molar-refractivity contribution in [3.05, 3.63) is 35.9 Å². The Hall–Kier alpha value is -1.31. The lowest BCUT2D eigenvalue weighted by molar-refractivity contribution is 0.0323. The third kappa shape index (κ3) is 0.921. The van der Waals surface area contributed by atoms with Crippen LogP contribution in [-0.2, 0) is 4.84 Å². The van der Waals surface area contributed by atoms with Crippen molar-refractivity contribution in [1.29, 1.82) is 0 Å². The smallest absolute Gasteiger partial charge is 0.149 e. The van der Waals surface area contributed by atoms with Gasteiger partial charge in [-0.25, -0.2) is 0 Å². The molecule has 2 unspecified atom stereocenters. The van der Waals surface area contributed by atoms with Crippen LogP contribution in [0, 0.1) is 11.3 Å². The van der Waals surface area contributed by atoms with Gasteiger partial charge >= 0.3 is 0 Å². The normalized spacial score (nSPS) is 35.4. The Bertz CT molecular complexity index is 435. The minimum atomic E-state index is -0.0713. The van der Waals surface area contributed by atoms with Crippen LogP contribution in [0.2, 0.25) is 0 Å². The van der Waals surface area contributed by atoms with Gasteiger partial charge < -0.3 is 4.84 Å². The largest absolute Gasteiger partial charge is 0.388 e. The number of nitrogens with zero attached hydrogens (tertiary/aromatic N) is 1. The Labute approximate surface area is 89.9 Å². The second kappa shape index (κ2) is 2.43. The number of hydrogen-bond donors (Lipinski definition) is 0. The summed E-state index contributed by atoms with van der Waals surface area (Å²) in [7, 11) is 0. The number of fused-ring (bicyclic) bond motifs is 1. The monoisotopic (exact) mass is 201 g/mol. The number of rotatable bonds is 1. The van der Waals surface area contributed by atoms with Crippen LogP contribution in [0.15, 0.2) is 35.5 Å². The van der Waals surface area contributed by atoms with Crippen molar-refractivity contribution in [1.82, 2.24) is 0 Å². The van der Waals surface area contributed by atoms with Crippen molar-refractivity contribution in [2.75, 3.05) is 0 Å². The van der Waals surface area contributed by atoms with E-state index in [0.717, 1.165) is 5.71 Å². The first-order chi connectivity index (χ1) is 7.07. The van der Waals surface area contributed by atoms with Crippen LogP contribution in [0.25, 0.3) is 0 Å². The molecular weight excluding hydrogens is 186 g/mol. The van der Waals surface area contributed by atoms with Crippen LogP contribution >= 0.6 is 0 Å². The molecule has 1 saturated carbocycles. The highest BCUT2D eigenvalue weighted by atomic mass is 16.7. The molecule has 3 rings (SSSR count). The zero-order valence-electron chi connectivity index (χ0n) is 9.32. The zero-order valence-corrected chi connectivity index (χ0v) is 9.32. The summed E-state index contributed by atoms with van der Waals surface area (Å²) in [6, 6.07) is 10.3. The van der Waals surface area contributed by atoms with E-state index in [1.54, 1.807) is 0 Å². The maximum Gasteiger partial charge on any atom is 0.149 e. The minimum Gasteiger partial charge on any atom is -0.388 e. The van der Waals surface area contributed by atoms with E-state index in [0.29, 0.717) is 5.92 Å². The lowest BCUT2D eigenvalue weighted by Crippen LogP contribution is -2.12. The van der Waals surface area contributed by atoms with Gasteiger partial charge in [-0.3, -0.25) is 0 Å². The zero-order chi connectivity index (χ0) is 10.7. The second-order valence-electron chi connectivity index (χ2n) is 5.20. The van der Waals surface area contributed by atoms with Gasteiger partial charge in [-0.1, -0.05) is 49.3 Å². The fourth-order valence-electron chi connectivity index (χ4n) is 2.74. The first kappa shape index (κ1) is 8.96. The van der Waals surface area contributed by atoms with E-state index in [1.807, 2.05) is 18.2 Å². The predicted molar refractivity (Wildman–Crippen MR) is 59.7 cm³/mol. The molecule has 0 bridgehead atoms. The van der Waals surface area contributed by atoms with Crippen molar-refractivity contribution in [2.45, 2.75) is 26.4 Å². The minimum absolute atomic E-state index is 0.0713. The van der Waals surface area contributed by atoms with E-state index in [-0.39, 0.29) is 11.0 Å². The van der Waals surface area contributed by atoms with E-state index in [2.05, 4.69) is 38.1 Å². The third-order valence-corrected chi connectivity index (χ3v) is 4.15. The SMILES string of the molecule is CC1(C)C2C(c3ccccc3)=NOC21C. The summed E-state index contributed by atoms with van der Waals surface area (Å²) in [4.78, 5) is 5.58. The fourth-order valence-corrected chi connectivity index (χ4v) is 2.74. The predicted octanol–water partition coefficient (Wildman–Crippen LogP) is 2.84. The van der Waals surface area contributed by atoms with Gasteiger partial charge in [0.1, 0.15) is 5.60 Å². The number of benzene rings is 1. The first-order valence-corrected chi connectivity index (χ1v) is 5.39. The molecule has 1 aromatic rings. The molecule has 0 N–H and O–H groups in total. The standard InChI is InChI=1S/C13H15NO/c1-12(2)11-10(14-15-13(11,12)3)9-7-5-4-6-8-9/h4-8,11H,1-3H3. The van der Waals surface area contributed by atoms with Gasteiger partial charge in [-0.2, -0.15) is 0 Å². The Morgan fingerprint density at radius 1 is 1.13 bits per heavy atom. The summed E-state index contributed by atoms with van der Waals surface area (Å²) >= 11 is 0. The molecule has 1 aliphatic carbocycles. The van der Waals surface area contributed by atoms with E-state index < -0.39 is 0 Å². The lowest BCUT2D eigenvalue weighted by atomic mass is 10.0. The Morgan fingerprint density at radius 3 is 2.33 bits per heavy atom. The molecule has 0 amide bonds. The van der Waals surface area contributed by atoms with Crippen molar-refractivity contribution in [2.24, 2.45) is 16.5 Å². The van der Waals surface area contributed by atoms with Crippen LogP contribution in [0.1, 0.15) is 26.3 Å².